The molecule has 0 aliphatic rings. The molecule has 0 radical (unpaired) electrons. The van der Waals surface area contributed by atoms with Crippen LogP contribution in [-0.4, -0.2) is 4.92 Å². The van der Waals surface area contributed by atoms with Crippen LogP contribution in [0.1, 0.15) is 0 Å². The van der Waals surface area contributed by atoms with Gasteiger partial charge < -0.3 is 0 Å². The van der Waals surface area contributed by atoms with Crippen LogP contribution in [0, 0.1) is 15.9 Å². The zero-order valence-corrected chi connectivity index (χ0v) is 10.4. The van der Waals surface area contributed by atoms with Crippen molar-refractivity contribution in [2.75, 3.05) is 0 Å². The second-order valence-corrected chi connectivity index (χ2v) is 4.33. The van der Waals surface area contributed by atoms with Gasteiger partial charge in [0.2, 0.25) is 5.82 Å². The Bertz CT molecular complexity index is 611. The molecule has 0 heterocycles. The first-order valence-corrected chi connectivity index (χ1v) is 5.64. The number of nitro benzene ring substituents is 1. The van der Waals surface area contributed by atoms with Gasteiger partial charge in [-0.25, -0.2) is 0 Å². The van der Waals surface area contributed by atoms with E-state index in [0.717, 1.165) is 12.1 Å². The lowest BCUT2D eigenvalue weighted by molar-refractivity contribution is -0.387. The number of hydrogen-bond donors (Lipinski definition) is 0. The van der Waals surface area contributed by atoms with E-state index in [1.54, 1.807) is 18.2 Å². The predicted molar refractivity (Wildman–Crippen MR) is 68.5 cm³/mol. The van der Waals surface area contributed by atoms with E-state index >= 15 is 0 Å². The van der Waals surface area contributed by atoms with Crippen molar-refractivity contribution in [3.05, 3.63) is 62.4 Å². The van der Waals surface area contributed by atoms with Crippen LogP contribution in [-0.2, 0) is 0 Å². The molecule has 92 valence electrons. The first-order chi connectivity index (χ1) is 8.50. The van der Waals surface area contributed by atoms with Crippen molar-refractivity contribution in [2.24, 2.45) is 0 Å². The van der Waals surface area contributed by atoms with Crippen LogP contribution >= 0.6 is 23.2 Å². The van der Waals surface area contributed by atoms with Crippen molar-refractivity contribution in [3.63, 3.8) is 0 Å². The zero-order chi connectivity index (χ0) is 13.3. The SMILES string of the molecule is O=[N+]([O-])c1cc(-c2c(Cl)cccc2Cl)ccc1F. The van der Waals surface area contributed by atoms with Crippen molar-refractivity contribution < 1.29 is 9.31 Å². The van der Waals surface area contributed by atoms with Gasteiger partial charge in [0.05, 0.1) is 4.92 Å². The fourth-order valence-corrected chi connectivity index (χ4v) is 2.20. The molecule has 0 bridgehead atoms. The number of nitrogens with zero attached hydrogens (tertiary/aromatic N) is 1. The molecular weight excluding hydrogens is 280 g/mol. The largest absolute Gasteiger partial charge is 0.305 e. The van der Waals surface area contributed by atoms with Crippen LogP contribution in [0.2, 0.25) is 10.0 Å². The van der Waals surface area contributed by atoms with E-state index in [2.05, 4.69) is 0 Å². The van der Waals surface area contributed by atoms with Crippen molar-refractivity contribution in [2.45, 2.75) is 0 Å². The molecule has 3 nitrogen and oxygen atoms in total. The van der Waals surface area contributed by atoms with Gasteiger partial charge in [-0.3, -0.25) is 10.1 Å². The van der Waals surface area contributed by atoms with Crippen molar-refractivity contribution in [1.82, 2.24) is 0 Å². The standard InChI is InChI=1S/C12H6Cl2FNO2/c13-8-2-1-3-9(14)12(8)7-4-5-10(15)11(6-7)16(17)18/h1-6H. The first-order valence-electron chi connectivity index (χ1n) is 4.89. The second kappa shape index (κ2) is 4.92. The molecule has 0 unspecified atom stereocenters. The average Bonchev–Trinajstić information content (AvgIpc) is 2.30. The molecule has 18 heavy (non-hydrogen) atoms. The molecule has 0 aromatic heterocycles. The van der Waals surface area contributed by atoms with Gasteiger partial charge in [-0.1, -0.05) is 35.3 Å². The van der Waals surface area contributed by atoms with Crippen molar-refractivity contribution in [1.29, 1.82) is 0 Å². The maximum absolute atomic E-state index is 13.2. The second-order valence-electron chi connectivity index (χ2n) is 3.52. The normalized spacial score (nSPS) is 10.4. The lowest BCUT2D eigenvalue weighted by Crippen LogP contribution is -1.93. The summed E-state index contributed by atoms with van der Waals surface area (Å²) < 4.78 is 13.2. The highest BCUT2D eigenvalue weighted by Gasteiger charge is 2.17. The summed E-state index contributed by atoms with van der Waals surface area (Å²) in [5.74, 6) is -0.896. The summed E-state index contributed by atoms with van der Waals surface area (Å²) in [7, 11) is 0. The van der Waals surface area contributed by atoms with E-state index in [4.69, 9.17) is 23.2 Å². The number of benzene rings is 2. The van der Waals surface area contributed by atoms with Gasteiger partial charge in [-0.15, -0.1) is 0 Å². The molecule has 2 aromatic rings. The third kappa shape index (κ3) is 2.30. The van der Waals surface area contributed by atoms with Gasteiger partial charge in [-0.05, 0) is 23.8 Å². The van der Waals surface area contributed by atoms with Crippen LogP contribution in [0.3, 0.4) is 0 Å². The van der Waals surface area contributed by atoms with Crippen molar-refractivity contribution >= 4 is 28.9 Å². The maximum Gasteiger partial charge on any atom is 0.305 e. The average molecular weight is 286 g/mol. The fraction of sp³-hybridized carbons (Fsp3) is 0. The summed E-state index contributed by atoms with van der Waals surface area (Å²) in [6.45, 7) is 0. The van der Waals surface area contributed by atoms with Crippen molar-refractivity contribution in [3.8, 4) is 11.1 Å². The van der Waals surface area contributed by atoms with Crippen LogP contribution in [0.25, 0.3) is 11.1 Å². The number of rotatable bonds is 2. The molecule has 0 atom stereocenters. The number of halogens is 3. The highest BCUT2D eigenvalue weighted by Crippen LogP contribution is 2.36. The van der Waals surface area contributed by atoms with Gasteiger partial charge in [0.15, 0.2) is 0 Å². The molecule has 0 saturated heterocycles. The lowest BCUT2D eigenvalue weighted by Gasteiger charge is -2.07. The summed E-state index contributed by atoms with van der Waals surface area (Å²) >= 11 is 12.0. The third-order valence-electron chi connectivity index (χ3n) is 2.39. The molecule has 0 saturated carbocycles. The zero-order valence-electron chi connectivity index (χ0n) is 8.86. The Labute approximate surface area is 112 Å². The van der Waals surface area contributed by atoms with E-state index in [-0.39, 0.29) is 0 Å². The summed E-state index contributed by atoms with van der Waals surface area (Å²) in [6.07, 6.45) is 0. The maximum atomic E-state index is 13.2. The third-order valence-corrected chi connectivity index (χ3v) is 3.02. The molecule has 6 heteroatoms. The molecule has 0 aliphatic carbocycles. The molecule has 2 aromatic carbocycles. The van der Waals surface area contributed by atoms with Gasteiger partial charge in [-0.2, -0.15) is 4.39 Å². The highest BCUT2D eigenvalue weighted by molar-refractivity contribution is 6.39. The van der Waals surface area contributed by atoms with Gasteiger partial charge in [0, 0.05) is 21.7 Å². The molecule has 0 amide bonds. The van der Waals surface area contributed by atoms with E-state index in [9.17, 15) is 14.5 Å². The highest BCUT2D eigenvalue weighted by atomic mass is 35.5. The smallest absolute Gasteiger partial charge is 0.258 e. The molecule has 0 fully saturated rings. The molecule has 0 aliphatic heterocycles. The van der Waals surface area contributed by atoms with Gasteiger partial charge >= 0.3 is 5.69 Å². The summed E-state index contributed by atoms with van der Waals surface area (Å²) in [4.78, 5) is 9.89. The number of nitro groups is 1. The van der Waals surface area contributed by atoms with E-state index < -0.39 is 16.4 Å². The molecule has 0 spiro atoms. The summed E-state index contributed by atoms with van der Waals surface area (Å²) in [5, 5.41) is 11.4. The Kier molecular flexibility index (Phi) is 3.50. The predicted octanol–water partition coefficient (Wildman–Crippen LogP) is 4.71. The van der Waals surface area contributed by atoms with Gasteiger partial charge in [0.1, 0.15) is 0 Å². The summed E-state index contributed by atoms with van der Waals surface area (Å²) in [6, 6.07) is 8.41. The minimum Gasteiger partial charge on any atom is -0.258 e. The van der Waals surface area contributed by atoms with Crippen LogP contribution in [0.5, 0.6) is 0 Å². The molecule has 0 N–H and O–H groups in total. The lowest BCUT2D eigenvalue weighted by atomic mass is 10.0. The first kappa shape index (κ1) is 12.8. The Morgan fingerprint density at radius 1 is 1.11 bits per heavy atom. The van der Waals surface area contributed by atoms with Crippen LogP contribution in [0.15, 0.2) is 36.4 Å². The molecular formula is C12H6Cl2FNO2. The minimum atomic E-state index is -0.896. The number of hydrogen-bond acceptors (Lipinski definition) is 2. The van der Waals surface area contributed by atoms with E-state index in [0.29, 0.717) is 21.2 Å². The van der Waals surface area contributed by atoms with E-state index in [1.165, 1.54) is 6.07 Å². The molecule has 2 rings (SSSR count). The Balaban J connectivity index is 2.65. The van der Waals surface area contributed by atoms with Gasteiger partial charge in [0.25, 0.3) is 0 Å². The Morgan fingerprint density at radius 3 is 2.28 bits per heavy atom. The fourth-order valence-electron chi connectivity index (χ4n) is 1.58. The topological polar surface area (TPSA) is 43.1 Å². The van der Waals surface area contributed by atoms with E-state index in [1.807, 2.05) is 0 Å². The van der Waals surface area contributed by atoms with Crippen LogP contribution in [0.4, 0.5) is 10.1 Å². The summed E-state index contributed by atoms with van der Waals surface area (Å²) in [5.41, 5.74) is 0.242. The Hall–Kier alpha value is -1.65. The van der Waals surface area contributed by atoms with Crippen LogP contribution < -0.4 is 0 Å². The Morgan fingerprint density at radius 2 is 1.72 bits per heavy atom. The quantitative estimate of drug-likeness (QED) is 0.592. The minimum absolute atomic E-state index is 0.350. The monoisotopic (exact) mass is 285 g/mol.